The van der Waals surface area contributed by atoms with Crippen molar-refractivity contribution in [2.45, 2.75) is 39.1 Å². The van der Waals surface area contributed by atoms with Gasteiger partial charge in [0.2, 0.25) is 11.8 Å². The van der Waals surface area contributed by atoms with Crippen LogP contribution in [0, 0.1) is 0 Å². The van der Waals surface area contributed by atoms with Crippen LogP contribution in [0.3, 0.4) is 0 Å². The minimum atomic E-state index is -0.851. The largest absolute Gasteiger partial charge is 0.508 e. The summed E-state index contributed by atoms with van der Waals surface area (Å²) in [7, 11) is 2.02. The van der Waals surface area contributed by atoms with E-state index in [1.54, 1.807) is 50.2 Å². The highest BCUT2D eigenvalue weighted by atomic mass is 16.5. The van der Waals surface area contributed by atoms with Gasteiger partial charge in [-0.15, -0.1) is 6.58 Å². The number of nitrogens with zero attached hydrogens (tertiary/aromatic N) is 5. The van der Waals surface area contributed by atoms with Crippen LogP contribution in [0.25, 0.3) is 0 Å². The number of fused-ring (bicyclic) bond motifs is 2. The van der Waals surface area contributed by atoms with Gasteiger partial charge in [-0.2, -0.15) is 0 Å². The fourth-order valence-corrected chi connectivity index (χ4v) is 6.27. The molecule has 2 N–H and O–H groups in total. The smallest absolute Gasteiger partial charge is 0.334 e. The summed E-state index contributed by atoms with van der Waals surface area (Å²) in [6.07, 6.45) is 1.14. The monoisotopic (exact) mass is 626 g/mol. The first-order valence-corrected chi connectivity index (χ1v) is 15.1. The predicted molar refractivity (Wildman–Crippen MR) is 176 cm³/mol. The fraction of sp³-hybridized carbons (Fsp3) is 0.343. The molecule has 6 rings (SSSR count). The van der Waals surface area contributed by atoms with E-state index < -0.39 is 12.2 Å². The minimum Gasteiger partial charge on any atom is -0.508 e. The fourth-order valence-electron chi connectivity index (χ4n) is 6.27. The van der Waals surface area contributed by atoms with Crippen LogP contribution < -0.4 is 15.0 Å². The lowest BCUT2D eigenvalue weighted by Crippen LogP contribution is -2.76. The third kappa shape index (κ3) is 6.64. The van der Waals surface area contributed by atoms with Crippen LogP contribution in [0.1, 0.15) is 24.1 Å². The number of hydrogen-bond donors (Lipinski definition) is 2. The van der Waals surface area contributed by atoms with Gasteiger partial charge in [-0.05, 0) is 41.0 Å². The van der Waals surface area contributed by atoms with E-state index in [1.807, 2.05) is 55.6 Å². The summed E-state index contributed by atoms with van der Waals surface area (Å²) in [6.45, 7) is 6.14. The molecule has 11 heteroatoms. The molecule has 3 aliphatic rings. The van der Waals surface area contributed by atoms with Crippen molar-refractivity contribution in [3.8, 4) is 11.5 Å². The number of likely N-dealkylation sites (N-methyl/N-ethyl adjacent to an activating group) is 1. The van der Waals surface area contributed by atoms with Gasteiger partial charge in [0, 0.05) is 33.1 Å². The molecule has 3 aliphatic heterocycles. The van der Waals surface area contributed by atoms with E-state index in [0.29, 0.717) is 13.2 Å². The number of benzene rings is 3. The molecule has 3 heterocycles. The maximum Gasteiger partial charge on any atom is 0.334 e. The first-order chi connectivity index (χ1) is 21.8. The Morgan fingerprint density at radius 3 is 2.52 bits per heavy atom. The molecule has 0 aliphatic carbocycles. The van der Waals surface area contributed by atoms with Crippen molar-refractivity contribution in [2.24, 2.45) is 0 Å². The lowest BCUT2D eigenvalue weighted by molar-refractivity contribution is -0.189. The standard InChI is InChI=1S/C34H38N6O5.CH4/c1-3-15-38-23-32(42)39-29(18-24-9-12-27(41)13-10-24)33(43)37(21-26-11-14-28-30(19-26)45-17-16-36(28)2)22-31(39)40(38)34(44)35-20-25-7-5-4-6-8-25;/h3-14,19,29,31,41H,1,15-18,20-23H2,2H3,(H,35,44);1H4/t29-,31-;/m0./s1. The molecule has 0 bridgehead atoms. The van der Waals surface area contributed by atoms with E-state index in [4.69, 9.17) is 4.74 Å². The first kappa shape index (κ1) is 32.4. The topological polar surface area (TPSA) is 109 Å². The molecular weight excluding hydrogens is 584 g/mol. The van der Waals surface area contributed by atoms with Gasteiger partial charge in [0.05, 0.1) is 25.3 Å². The number of urea groups is 1. The second-order valence-electron chi connectivity index (χ2n) is 11.6. The van der Waals surface area contributed by atoms with E-state index >= 15 is 0 Å². The molecule has 11 nitrogen and oxygen atoms in total. The van der Waals surface area contributed by atoms with E-state index in [2.05, 4.69) is 16.8 Å². The number of amides is 4. The summed E-state index contributed by atoms with van der Waals surface area (Å²) in [4.78, 5) is 47.3. The molecule has 2 atom stereocenters. The van der Waals surface area contributed by atoms with Crippen LogP contribution >= 0.6 is 0 Å². The van der Waals surface area contributed by atoms with Crippen molar-refractivity contribution < 1.29 is 24.2 Å². The summed E-state index contributed by atoms with van der Waals surface area (Å²) in [5.41, 5.74) is 3.61. The zero-order chi connectivity index (χ0) is 31.5. The number of phenols is 1. The molecule has 0 spiro atoms. The highest BCUT2D eigenvalue weighted by Crippen LogP contribution is 2.34. The molecule has 4 amide bonds. The normalized spacial score (nSPS) is 19.5. The number of piperazine rings is 1. The lowest BCUT2D eigenvalue weighted by atomic mass is 9.98. The number of phenolic OH excluding ortho intramolecular Hbond substituents is 1. The van der Waals surface area contributed by atoms with Crippen LogP contribution in [0.4, 0.5) is 10.5 Å². The van der Waals surface area contributed by atoms with E-state index in [-0.39, 0.29) is 63.6 Å². The first-order valence-electron chi connectivity index (χ1n) is 15.1. The number of hydrogen-bond acceptors (Lipinski definition) is 7. The van der Waals surface area contributed by atoms with Gasteiger partial charge in [-0.3, -0.25) is 9.59 Å². The maximum atomic E-state index is 14.2. The number of carbonyl (C=O) groups excluding carboxylic acids is 3. The Hall–Kier alpha value is -5.03. The maximum absolute atomic E-state index is 14.2. The molecule has 242 valence electrons. The van der Waals surface area contributed by atoms with Crippen LogP contribution in [0.5, 0.6) is 11.5 Å². The molecule has 3 aromatic rings. The average Bonchev–Trinajstić information content (AvgIpc) is 3.03. The van der Waals surface area contributed by atoms with Crippen LogP contribution in [-0.2, 0) is 29.1 Å². The van der Waals surface area contributed by atoms with E-state index in [0.717, 1.165) is 34.7 Å². The summed E-state index contributed by atoms with van der Waals surface area (Å²) in [6, 6.07) is 21.0. The molecule has 46 heavy (non-hydrogen) atoms. The molecule has 2 fully saturated rings. The molecule has 0 radical (unpaired) electrons. The van der Waals surface area contributed by atoms with Crippen molar-refractivity contribution in [1.29, 1.82) is 0 Å². The van der Waals surface area contributed by atoms with Gasteiger partial charge < -0.3 is 29.9 Å². The van der Waals surface area contributed by atoms with Crippen molar-refractivity contribution >= 4 is 23.5 Å². The molecule has 0 unspecified atom stereocenters. The summed E-state index contributed by atoms with van der Waals surface area (Å²) in [5, 5.41) is 16.1. The van der Waals surface area contributed by atoms with Crippen molar-refractivity contribution in [3.05, 3.63) is 102 Å². The van der Waals surface area contributed by atoms with Gasteiger partial charge in [0.15, 0.2) is 0 Å². The van der Waals surface area contributed by atoms with Gasteiger partial charge in [0.1, 0.15) is 30.3 Å². The molecule has 0 saturated carbocycles. The van der Waals surface area contributed by atoms with E-state index in [1.165, 1.54) is 0 Å². The van der Waals surface area contributed by atoms with Gasteiger partial charge in [-0.25, -0.2) is 14.8 Å². The van der Waals surface area contributed by atoms with Crippen LogP contribution in [-0.4, -0.2) is 94.8 Å². The summed E-state index contributed by atoms with van der Waals surface area (Å²) >= 11 is 0. The Kier molecular flexibility index (Phi) is 9.81. The number of hydrazine groups is 1. The Morgan fingerprint density at radius 2 is 1.78 bits per heavy atom. The molecule has 2 saturated heterocycles. The summed E-state index contributed by atoms with van der Waals surface area (Å²) < 4.78 is 5.92. The number of aromatic hydroxyl groups is 1. The van der Waals surface area contributed by atoms with Crippen molar-refractivity contribution in [2.75, 3.05) is 44.7 Å². The van der Waals surface area contributed by atoms with Crippen LogP contribution in [0.2, 0.25) is 0 Å². The summed E-state index contributed by atoms with van der Waals surface area (Å²) in [5.74, 6) is 0.435. The minimum absolute atomic E-state index is 0. The average molecular weight is 627 g/mol. The zero-order valence-corrected chi connectivity index (χ0v) is 25.3. The second-order valence-corrected chi connectivity index (χ2v) is 11.6. The molecular formula is C35H42N6O5. The Balaban J connectivity index is 0.00000417. The highest BCUT2D eigenvalue weighted by molar-refractivity contribution is 5.91. The lowest BCUT2D eigenvalue weighted by Gasteiger charge is -2.55. The van der Waals surface area contributed by atoms with Gasteiger partial charge in [0.25, 0.3) is 0 Å². The quantitative estimate of drug-likeness (QED) is 0.368. The third-order valence-electron chi connectivity index (χ3n) is 8.52. The van der Waals surface area contributed by atoms with Gasteiger partial charge >= 0.3 is 6.03 Å². The van der Waals surface area contributed by atoms with Crippen molar-refractivity contribution in [1.82, 2.24) is 25.1 Å². The Labute approximate surface area is 270 Å². The number of ether oxygens (including phenoxy) is 1. The van der Waals surface area contributed by atoms with E-state index in [9.17, 15) is 19.5 Å². The molecule has 0 aromatic heterocycles. The zero-order valence-electron chi connectivity index (χ0n) is 25.3. The molecule has 3 aromatic carbocycles. The predicted octanol–water partition coefficient (Wildman–Crippen LogP) is 3.59. The number of rotatable bonds is 8. The van der Waals surface area contributed by atoms with Crippen molar-refractivity contribution in [3.63, 3.8) is 0 Å². The Bertz CT molecular complexity index is 1570. The van der Waals surface area contributed by atoms with Gasteiger partial charge in [-0.1, -0.05) is 62.0 Å². The Morgan fingerprint density at radius 1 is 1.04 bits per heavy atom. The number of carbonyl (C=O) groups is 3. The van der Waals surface area contributed by atoms with Crippen LogP contribution in [0.15, 0.2) is 85.5 Å². The highest BCUT2D eigenvalue weighted by Gasteiger charge is 2.51. The number of nitrogens with one attached hydrogen (secondary N) is 1. The number of anilines is 1. The third-order valence-corrected chi connectivity index (χ3v) is 8.52. The SMILES string of the molecule is C.C=CCN1CC(=O)N2[C@@H](Cc3ccc(O)cc3)C(=O)N(Cc3ccc4c(c3)OCCN4C)C[C@@H]2N1C(=O)NCc1ccccc1. The second kappa shape index (κ2) is 13.9.